The lowest BCUT2D eigenvalue weighted by Gasteiger charge is -2.32. The fraction of sp³-hybridized carbons (Fsp3) is 0.450. The van der Waals surface area contributed by atoms with E-state index in [0.717, 1.165) is 42.7 Å². The molecule has 3 heterocycles. The molecule has 0 spiro atoms. The van der Waals surface area contributed by atoms with Gasteiger partial charge in [-0.1, -0.05) is 22.8 Å². The SMILES string of the molecule is COCCc1noc([C@H]2CCCN(c3cc(C)c4ccc(Cl)cc4n3)C2)n1. The van der Waals surface area contributed by atoms with Crippen LogP contribution >= 0.6 is 11.6 Å². The Morgan fingerprint density at radius 1 is 1.30 bits per heavy atom. The first-order valence-corrected chi connectivity index (χ1v) is 9.65. The average Bonchev–Trinajstić information content (AvgIpc) is 3.15. The number of aryl methyl sites for hydroxylation is 1. The van der Waals surface area contributed by atoms with E-state index in [2.05, 4.69) is 28.0 Å². The van der Waals surface area contributed by atoms with Gasteiger partial charge in [0.05, 0.1) is 18.0 Å². The van der Waals surface area contributed by atoms with Gasteiger partial charge < -0.3 is 14.2 Å². The first-order valence-electron chi connectivity index (χ1n) is 9.27. The zero-order chi connectivity index (χ0) is 18.8. The molecule has 7 heteroatoms. The van der Waals surface area contributed by atoms with Crippen molar-refractivity contribution in [3.05, 3.63) is 46.6 Å². The van der Waals surface area contributed by atoms with Crippen LogP contribution in [0.5, 0.6) is 0 Å². The fourth-order valence-electron chi connectivity index (χ4n) is 3.63. The third-order valence-electron chi connectivity index (χ3n) is 5.07. The molecule has 0 aliphatic carbocycles. The average molecular weight is 387 g/mol. The van der Waals surface area contributed by atoms with Gasteiger partial charge in [0, 0.05) is 37.0 Å². The highest BCUT2D eigenvalue weighted by Gasteiger charge is 2.27. The van der Waals surface area contributed by atoms with Crippen molar-refractivity contribution in [1.82, 2.24) is 15.1 Å². The van der Waals surface area contributed by atoms with Crippen LogP contribution in [0.1, 0.15) is 36.0 Å². The molecule has 1 aliphatic rings. The van der Waals surface area contributed by atoms with E-state index in [1.54, 1.807) is 7.11 Å². The number of piperidine rings is 1. The van der Waals surface area contributed by atoms with Gasteiger partial charge in [0.25, 0.3) is 0 Å². The third kappa shape index (κ3) is 3.92. The molecule has 0 amide bonds. The number of pyridine rings is 1. The molecule has 1 aromatic carbocycles. The molecule has 1 saturated heterocycles. The summed E-state index contributed by atoms with van der Waals surface area (Å²) in [5, 5.41) is 5.92. The van der Waals surface area contributed by atoms with Crippen molar-refractivity contribution in [2.75, 3.05) is 31.7 Å². The van der Waals surface area contributed by atoms with E-state index in [4.69, 9.17) is 25.8 Å². The molecule has 6 nitrogen and oxygen atoms in total. The van der Waals surface area contributed by atoms with E-state index in [9.17, 15) is 0 Å². The summed E-state index contributed by atoms with van der Waals surface area (Å²) in [5.74, 6) is 2.62. The van der Waals surface area contributed by atoms with E-state index < -0.39 is 0 Å². The zero-order valence-corrected chi connectivity index (χ0v) is 16.4. The van der Waals surface area contributed by atoms with Crippen molar-refractivity contribution in [1.29, 1.82) is 0 Å². The second kappa shape index (κ2) is 7.82. The molecule has 27 heavy (non-hydrogen) atoms. The Morgan fingerprint density at radius 3 is 3.04 bits per heavy atom. The van der Waals surface area contributed by atoms with Crippen molar-refractivity contribution in [3.8, 4) is 0 Å². The van der Waals surface area contributed by atoms with Crippen LogP contribution in [-0.4, -0.2) is 41.9 Å². The van der Waals surface area contributed by atoms with E-state index >= 15 is 0 Å². The standard InChI is InChI=1S/C20H23ClN4O2/c1-13-10-19(22-17-11-15(21)5-6-16(13)17)25-8-3-4-14(12-25)20-23-18(24-27-20)7-9-26-2/h5-6,10-11,14H,3-4,7-9,12H2,1-2H3/t14-/m0/s1. The molecule has 0 N–H and O–H groups in total. The molecule has 0 unspecified atom stereocenters. The lowest BCUT2D eigenvalue weighted by Crippen LogP contribution is -2.35. The minimum absolute atomic E-state index is 0.222. The van der Waals surface area contributed by atoms with Gasteiger partial charge in [-0.2, -0.15) is 4.98 Å². The number of benzene rings is 1. The minimum Gasteiger partial charge on any atom is -0.384 e. The number of aromatic nitrogens is 3. The molecular weight excluding hydrogens is 364 g/mol. The number of anilines is 1. The van der Waals surface area contributed by atoms with Gasteiger partial charge in [0.2, 0.25) is 5.89 Å². The Labute approximate surface area is 163 Å². The summed E-state index contributed by atoms with van der Waals surface area (Å²) in [6.45, 7) is 4.51. The summed E-state index contributed by atoms with van der Waals surface area (Å²) >= 11 is 6.16. The molecule has 1 fully saturated rings. The summed E-state index contributed by atoms with van der Waals surface area (Å²) < 4.78 is 10.6. The number of nitrogens with zero attached hydrogens (tertiary/aromatic N) is 4. The number of methoxy groups -OCH3 is 1. The highest BCUT2D eigenvalue weighted by atomic mass is 35.5. The van der Waals surface area contributed by atoms with E-state index in [1.165, 1.54) is 5.56 Å². The number of halogens is 1. The van der Waals surface area contributed by atoms with Gasteiger partial charge in [-0.05, 0) is 43.5 Å². The van der Waals surface area contributed by atoms with Gasteiger partial charge in [0.15, 0.2) is 5.82 Å². The molecule has 3 aromatic rings. The number of rotatable bonds is 5. The highest BCUT2D eigenvalue weighted by molar-refractivity contribution is 6.31. The van der Waals surface area contributed by atoms with Crippen LogP contribution in [0, 0.1) is 6.92 Å². The van der Waals surface area contributed by atoms with Crippen molar-refractivity contribution >= 4 is 28.3 Å². The van der Waals surface area contributed by atoms with Gasteiger partial charge in [-0.15, -0.1) is 0 Å². The second-order valence-corrected chi connectivity index (χ2v) is 7.47. The van der Waals surface area contributed by atoms with Crippen LogP contribution in [0.15, 0.2) is 28.8 Å². The normalized spacial score (nSPS) is 17.6. The van der Waals surface area contributed by atoms with Gasteiger partial charge >= 0.3 is 0 Å². The van der Waals surface area contributed by atoms with E-state index in [0.29, 0.717) is 29.8 Å². The molecule has 0 saturated carbocycles. The fourth-order valence-corrected chi connectivity index (χ4v) is 3.80. The maximum Gasteiger partial charge on any atom is 0.231 e. The first-order chi connectivity index (χ1) is 13.1. The number of hydrogen-bond donors (Lipinski definition) is 0. The van der Waals surface area contributed by atoms with Crippen molar-refractivity contribution in [2.24, 2.45) is 0 Å². The maximum atomic E-state index is 6.16. The molecule has 4 rings (SSSR count). The number of fused-ring (bicyclic) bond motifs is 1. The smallest absolute Gasteiger partial charge is 0.231 e. The van der Waals surface area contributed by atoms with Crippen LogP contribution in [0.3, 0.4) is 0 Å². The van der Waals surface area contributed by atoms with Crippen molar-refractivity contribution in [3.63, 3.8) is 0 Å². The molecule has 142 valence electrons. The molecule has 0 bridgehead atoms. The first kappa shape index (κ1) is 18.2. The Balaban J connectivity index is 1.56. The van der Waals surface area contributed by atoms with E-state index in [1.807, 2.05) is 18.2 Å². The molecule has 0 radical (unpaired) electrons. The molecule has 2 aromatic heterocycles. The molecule has 1 atom stereocenters. The third-order valence-corrected chi connectivity index (χ3v) is 5.31. The molecular formula is C20H23ClN4O2. The van der Waals surface area contributed by atoms with Crippen LogP contribution in [0.25, 0.3) is 10.9 Å². The summed E-state index contributed by atoms with van der Waals surface area (Å²) in [4.78, 5) is 11.7. The predicted molar refractivity (Wildman–Crippen MR) is 106 cm³/mol. The summed E-state index contributed by atoms with van der Waals surface area (Å²) in [7, 11) is 1.67. The van der Waals surface area contributed by atoms with Crippen LogP contribution < -0.4 is 4.90 Å². The lowest BCUT2D eigenvalue weighted by atomic mass is 9.97. The van der Waals surface area contributed by atoms with Gasteiger partial charge in [-0.3, -0.25) is 0 Å². The van der Waals surface area contributed by atoms with Crippen LogP contribution in [-0.2, 0) is 11.2 Å². The number of ether oxygens (including phenoxy) is 1. The number of hydrogen-bond acceptors (Lipinski definition) is 6. The minimum atomic E-state index is 0.222. The topological polar surface area (TPSA) is 64.3 Å². The Morgan fingerprint density at radius 2 is 2.19 bits per heavy atom. The van der Waals surface area contributed by atoms with Gasteiger partial charge in [-0.25, -0.2) is 4.98 Å². The highest BCUT2D eigenvalue weighted by Crippen LogP contribution is 2.31. The van der Waals surface area contributed by atoms with Crippen molar-refractivity contribution in [2.45, 2.75) is 32.1 Å². The summed E-state index contributed by atoms with van der Waals surface area (Å²) in [6, 6.07) is 8.01. The van der Waals surface area contributed by atoms with Crippen LogP contribution in [0.4, 0.5) is 5.82 Å². The zero-order valence-electron chi connectivity index (χ0n) is 15.6. The Bertz CT molecular complexity index is 943. The Hall–Kier alpha value is -2.18. The second-order valence-electron chi connectivity index (χ2n) is 7.04. The summed E-state index contributed by atoms with van der Waals surface area (Å²) in [5.41, 5.74) is 2.13. The summed E-state index contributed by atoms with van der Waals surface area (Å²) in [6.07, 6.45) is 2.78. The monoisotopic (exact) mass is 386 g/mol. The lowest BCUT2D eigenvalue weighted by molar-refractivity contribution is 0.199. The van der Waals surface area contributed by atoms with E-state index in [-0.39, 0.29) is 5.92 Å². The molecule has 1 aliphatic heterocycles. The van der Waals surface area contributed by atoms with Crippen molar-refractivity contribution < 1.29 is 9.26 Å². The largest absolute Gasteiger partial charge is 0.384 e. The Kier molecular flexibility index (Phi) is 5.27. The van der Waals surface area contributed by atoms with Gasteiger partial charge in [0.1, 0.15) is 5.82 Å². The van der Waals surface area contributed by atoms with Crippen LogP contribution in [0.2, 0.25) is 5.02 Å². The quantitative estimate of drug-likeness (QED) is 0.656. The predicted octanol–water partition coefficient (Wildman–Crippen LogP) is 4.15. The maximum absolute atomic E-state index is 6.16.